The molecule has 0 bridgehead atoms. The predicted molar refractivity (Wildman–Crippen MR) is 86.0 cm³/mol. The van der Waals surface area contributed by atoms with Gasteiger partial charge in [0.25, 0.3) is 5.91 Å². The Labute approximate surface area is 128 Å². The van der Waals surface area contributed by atoms with Crippen LogP contribution < -0.4 is 15.5 Å². The second kappa shape index (κ2) is 5.83. The van der Waals surface area contributed by atoms with E-state index in [2.05, 4.69) is 16.9 Å². The van der Waals surface area contributed by atoms with Gasteiger partial charge in [0, 0.05) is 32.1 Å². The van der Waals surface area contributed by atoms with Crippen LogP contribution in [-0.4, -0.2) is 31.0 Å². The molecular weight excluding hydrogens is 284 g/mol. The van der Waals surface area contributed by atoms with E-state index in [1.54, 1.807) is 5.38 Å². The molecule has 2 aromatic rings. The summed E-state index contributed by atoms with van der Waals surface area (Å²) in [5.41, 5.74) is 8.09. The summed E-state index contributed by atoms with van der Waals surface area (Å²) < 4.78 is 0. The van der Waals surface area contributed by atoms with E-state index < -0.39 is 0 Å². The topological polar surface area (TPSA) is 62.5 Å². The molecule has 2 heterocycles. The van der Waals surface area contributed by atoms with Crippen LogP contribution in [-0.2, 0) is 6.54 Å². The Morgan fingerprint density at radius 1 is 1.33 bits per heavy atom. The molecule has 0 spiro atoms. The summed E-state index contributed by atoms with van der Waals surface area (Å²) >= 11 is 1.43. The first-order chi connectivity index (χ1) is 10.2. The summed E-state index contributed by atoms with van der Waals surface area (Å²) in [6.07, 6.45) is 0.935. The summed E-state index contributed by atoms with van der Waals surface area (Å²) in [4.78, 5) is 21.1. The lowest BCUT2D eigenvalue weighted by atomic mass is 10.2. The smallest absolute Gasteiger partial charge is 0.277 e. The molecule has 2 N–H and O–H groups in total. The Kier molecular flexibility index (Phi) is 3.90. The average Bonchev–Trinajstić information content (AvgIpc) is 2.93. The molecule has 1 aromatic carbocycles. The number of rotatable bonds is 2. The molecule has 0 unspecified atom stereocenters. The van der Waals surface area contributed by atoms with Gasteiger partial charge in [0.15, 0.2) is 0 Å². The maximum Gasteiger partial charge on any atom is 0.277 e. The van der Waals surface area contributed by atoms with Crippen molar-refractivity contribution in [3.8, 4) is 0 Å². The SMILES string of the molecule is CN1CCCN(C(=O)c2csc(CN)n2)c2ccccc21. The normalized spacial score (nSPS) is 14.8. The number of nitrogens with two attached hydrogens (primary N) is 1. The van der Waals surface area contributed by atoms with Gasteiger partial charge < -0.3 is 15.5 Å². The number of carbonyl (C=O) groups excluding carboxylic acids is 1. The zero-order valence-corrected chi connectivity index (χ0v) is 12.8. The molecule has 21 heavy (non-hydrogen) atoms. The van der Waals surface area contributed by atoms with Crippen molar-refractivity contribution in [2.24, 2.45) is 5.73 Å². The lowest BCUT2D eigenvalue weighted by molar-refractivity contribution is 0.0983. The van der Waals surface area contributed by atoms with Gasteiger partial charge in [0.2, 0.25) is 0 Å². The minimum Gasteiger partial charge on any atom is -0.373 e. The summed E-state index contributed by atoms with van der Waals surface area (Å²) in [6.45, 7) is 2.01. The van der Waals surface area contributed by atoms with Crippen LogP contribution in [0.5, 0.6) is 0 Å². The highest BCUT2D eigenvalue weighted by Crippen LogP contribution is 2.32. The molecule has 0 aliphatic carbocycles. The van der Waals surface area contributed by atoms with Gasteiger partial charge in [0.05, 0.1) is 11.4 Å². The molecule has 1 aliphatic rings. The van der Waals surface area contributed by atoms with E-state index in [4.69, 9.17) is 5.73 Å². The number of aromatic nitrogens is 1. The molecule has 0 atom stereocenters. The number of anilines is 2. The molecule has 3 rings (SSSR count). The molecule has 1 aromatic heterocycles. The van der Waals surface area contributed by atoms with E-state index in [1.165, 1.54) is 11.3 Å². The summed E-state index contributed by atoms with van der Waals surface area (Å²) in [5, 5.41) is 2.58. The molecule has 1 amide bonds. The summed E-state index contributed by atoms with van der Waals surface area (Å²) in [5.74, 6) is -0.0475. The maximum absolute atomic E-state index is 12.8. The minimum absolute atomic E-state index is 0.0475. The van der Waals surface area contributed by atoms with Crippen LogP contribution in [0, 0.1) is 0 Å². The van der Waals surface area contributed by atoms with Crippen LogP contribution in [0.3, 0.4) is 0 Å². The van der Waals surface area contributed by atoms with Crippen LogP contribution in [0.1, 0.15) is 21.9 Å². The third-order valence-electron chi connectivity index (χ3n) is 3.65. The molecule has 0 saturated heterocycles. The van der Waals surface area contributed by atoms with E-state index in [9.17, 15) is 4.79 Å². The highest BCUT2D eigenvalue weighted by molar-refractivity contribution is 7.09. The lowest BCUT2D eigenvalue weighted by Crippen LogP contribution is -2.31. The largest absolute Gasteiger partial charge is 0.373 e. The summed E-state index contributed by atoms with van der Waals surface area (Å²) in [6, 6.07) is 8.00. The van der Waals surface area contributed by atoms with Crippen LogP contribution in [0.15, 0.2) is 29.6 Å². The van der Waals surface area contributed by atoms with Gasteiger partial charge in [-0.05, 0) is 18.6 Å². The van der Waals surface area contributed by atoms with Crippen molar-refractivity contribution in [3.05, 3.63) is 40.3 Å². The van der Waals surface area contributed by atoms with Crippen LogP contribution in [0.4, 0.5) is 11.4 Å². The highest BCUT2D eigenvalue weighted by Gasteiger charge is 2.25. The van der Waals surface area contributed by atoms with E-state index in [-0.39, 0.29) is 5.91 Å². The first kappa shape index (κ1) is 14.0. The van der Waals surface area contributed by atoms with Gasteiger partial charge in [-0.25, -0.2) is 4.98 Å². The van der Waals surface area contributed by atoms with Crippen molar-refractivity contribution in [3.63, 3.8) is 0 Å². The fraction of sp³-hybridized carbons (Fsp3) is 0.333. The van der Waals surface area contributed by atoms with Crippen molar-refractivity contribution >= 4 is 28.6 Å². The first-order valence-electron chi connectivity index (χ1n) is 6.97. The van der Waals surface area contributed by atoms with Crippen LogP contribution in [0.2, 0.25) is 0 Å². The lowest BCUT2D eigenvalue weighted by Gasteiger charge is -2.23. The Balaban J connectivity index is 1.97. The van der Waals surface area contributed by atoms with E-state index in [0.717, 1.165) is 29.3 Å². The fourth-order valence-corrected chi connectivity index (χ4v) is 3.22. The Morgan fingerprint density at radius 3 is 2.81 bits per heavy atom. The second-order valence-corrected chi connectivity index (χ2v) is 5.99. The zero-order valence-electron chi connectivity index (χ0n) is 12.0. The molecule has 5 nitrogen and oxygen atoms in total. The van der Waals surface area contributed by atoms with E-state index in [1.807, 2.05) is 29.2 Å². The predicted octanol–water partition coefficient (Wildman–Crippen LogP) is 2.09. The number of para-hydroxylation sites is 2. The quantitative estimate of drug-likeness (QED) is 0.922. The first-order valence-corrected chi connectivity index (χ1v) is 7.85. The van der Waals surface area contributed by atoms with Crippen molar-refractivity contribution < 1.29 is 4.79 Å². The van der Waals surface area contributed by atoms with Gasteiger partial charge in [-0.3, -0.25) is 4.79 Å². The minimum atomic E-state index is -0.0475. The summed E-state index contributed by atoms with van der Waals surface area (Å²) in [7, 11) is 2.06. The molecule has 110 valence electrons. The Morgan fingerprint density at radius 2 is 2.10 bits per heavy atom. The van der Waals surface area contributed by atoms with Crippen molar-refractivity contribution in [2.45, 2.75) is 13.0 Å². The number of carbonyl (C=O) groups is 1. The Bertz CT molecular complexity index is 655. The number of fused-ring (bicyclic) bond motifs is 1. The van der Waals surface area contributed by atoms with Crippen molar-refractivity contribution in [2.75, 3.05) is 29.9 Å². The third-order valence-corrected chi connectivity index (χ3v) is 4.52. The molecular formula is C15H18N4OS. The second-order valence-electron chi connectivity index (χ2n) is 5.05. The molecule has 6 heteroatoms. The van der Waals surface area contributed by atoms with Crippen LogP contribution in [0.25, 0.3) is 0 Å². The molecule has 0 saturated carbocycles. The van der Waals surface area contributed by atoms with Gasteiger partial charge >= 0.3 is 0 Å². The highest BCUT2D eigenvalue weighted by atomic mass is 32.1. The number of hydrogen-bond donors (Lipinski definition) is 1. The van der Waals surface area contributed by atoms with Gasteiger partial charge in [-0.2, -0.15) is 0 Å². The van der Waals surface area contributed by atoms with Gasteiger partial charge in [-0.15, -0.1) is 11.3 Å². The monoisotopic (exact) mass is 302 g/mol. The third kappa shape index (κ3) is 2.64. The van der Waals surface area contributed by atoms with Gasteiger partial charge in [0.1, 0.15) is 10.7 Å². The number of hydrogen-bond acceptors (Lipinski definition) is 5. The van der Waals surface area contributed by atoms with Crippen LogP contribution >= 0.6 is 11.3 Å². The van der Waals surface area contributed by atoms with E-state index >= 15 is 0 Å². The van der Waals surface area contributed by atoms with Crippen molar-refractivity contribution in [1.82, 2.24) is 4.98 Å². The number of nitrogens with zero attached hydrogens (tertiary/aromatic N) is 3. The van der Waals surface area contributed by atoms with E-state index in [0.29, 0.717) is 18.8 Å². The zero-order chi connectivity index (χ0) is 14.8. The standard InChI is InChI=1S/C15H18N4OS/c1-18-7-4-8-19(13-6-3-2-5-12(13)18)15(20)11-10-21-14(9-16)17-11/h2-3,5-6,10H,4,7-9,16H2,1H3. The number of thiazole rings is 1. The molecule has 1 aliphatic heterocycles. The number of benzene rings is 1. The molecule has 0 fully saturated rings. The molecule has 0 radical (unpaired) electrons. The average molecular weight is 302 g/mol. The fourth-order valence-electron chi connectivity index (χ4n) is 2.57. The Hall–Kier alpha value is -1.92. The maximum atomic E-state index is 12.8. The van der Waals surface area contributed by atoms with Gasteiger partial charge in [-0.1, -0.05) is 12.1 Å². The number of amides is 1. The van der Waals surface area contributed by atoms with Crippen molar-refractivity contribution in [1.29, 1.82) is 0 Å².